The van der Waals surface area contributed by atoms with Crippen LogP contribution in [0.25, 0.3) is 5.69 Å². The highest BCUT2D eigenvalue weighted by Crippen LogP contribution is 2.16. The number of hydrogen-bond acceptors (Lipinski definition) is 3. The van der Waals surface area contributed by atoms with Crippen LogP contribution in [-0.2, 0) is 6.54 Å². The highest BCUT2D eigenvalue weighted by Gasteiger charge is 2.10. The summed E-state index contributed by atoms with van der Waals surface area (Å²) in [4.78, 5) is 0. The van der Waals surface area contributed by atoms with E-state index in [0.29, 0.717) is 6.54 Å². The number of aromatic nitrogens is 2. The molecule has 0 saturated heterocycles. The van der Waals surface area contributed by atoms with Crippen molar-refractivity contribution in [3.05, 3.63) is 83.2 Å². The predicted molar refractivity (Wildman–Crippen MR) is 93.9 cm³/mol. The minimum atomic E-state index is 0.711. The lowest BCUT2D eigenvalue weighted by atomic mass is 10.2. The molecule has 23 heavy (non-hydrogen) atoms. The van der Waals surface area contributed by atoms with E-state index in [1.165, 1.54) is 5.56 Å². The Balaban J connectivity index is 1.73. The first-order valence-electron chi connectivity index (χ1n) is 7.67. The Bertz CT molecular complexity index is 789. The molecule has 4 heteroatoms. The summed E-state index contributed by atoms with van der Waals surface area (Å²) in [6, 6.07) is 20.4. The molecule has 0 saturated carbocycles. The fourth-order valence-electron chi connectivity index (χ4n) is 2.51. The largest absolute Gasteiger partial charge is 0.306 e. The van der Waals surface area contributed by atoms with E-state index in [1.807, 2.05) is 66.4 Å². The monoisotopic (exact) mass is 304 g/mol. The first-order valence-corrected chi connectivity index (χ1v) is 7.67. The molecule has 0 radical (unpaired) electrons. The van der Waals surface area contributed by atoms with Gasteiger partial charge in [0.15, 0.2) is 0 Å². The van der Waals surface area contributed by atoms with Gasteiger partial charge in [-0.2, -0.15) is 10.2 Å². The second kappa shape index (κ2) is 6.92. The van der Waals surface area contributed by atoms with Crippen LogP contribution < -0.4 is 5.43 Å². The van der Waals surface area contributed by atoms with Crippen molar-refractivity contribution in [3.8, 4) is 5.69 Å². The number of nitrogens with one attached hydrogen (secondary N) is 1. The number of nitrogens with zero attached hydrogens (tertiary/aromatic N) is 3. The zero-order valence-electron chi connectivity index (χ0n) is 13.4. The Morgan fingerprint density at radius 2 is 1.65 bits per heavy atom. The van der Waals surface area contributed by atoms with Gasteiger partial charge in [0, 0.05) is 5.56 Å². The Morgan fingerprint density at radius 1 is 1.00 bits per heavy atom. The van der Waals surface area contributed by atoms with Crippen molar-refractivity contribution in [2.45, 2.75) is 20.4 Å². The SMILES string of the molecule is Cc1nn(-c2ccccc2)c(C)c1C=NNCc1ccccc1. The minimum Gasteiger partial charge on any atom is -0.306 e. The van der Waals surface area contributed by atoms with Gasteiger partial charge in [0.2, 0.25) is 0 Å². The maximum Gasteiger partial charge on any atom is 0.0689 e. The lowest BCUT2D eigenvalue weighted by molar-refractivity contribution is 0.748. The molecular weight excluding hydrogens is 284 g/mol. The summed E-state index contributed by atoms with van der Waals surface area (Å²) in [6.45, 7) is 4.78. The van der Waals surface area contributed by atoms with Crippen LogP contribution in [0.1, 0.15) is 22.5 Å². The maximum absolute atomic E-state index is 4.61. The van der Waals surface area contributed by atoms with Gasteiger partial charge in [0.05, 0.1) is 29.8 Å². The van der Waals surface area contributed by atoms with Gasteiger partial charge < -0.3 is 5.43 Å². The average molecular weight is 304 g/mol. The molecule has 0 aliphatic carbocycles. The number of hydrogen-bond donors (Lipinski definition) is 1. The third kappa shape index (κ3) is 3.48. The molecule has 4 nitrogen and oxygen atoms in total. The molecule has 0 amide bonds. The van der Waals surface area contributed by atoms with Crippen molar-refractivity contribution in [1.29, 1.82) is 0 Å². The Labute approximate surface area is 136 Å². The van der Waals surface area contributed by atoms with Crippen molar-refractivity contribution in [2.24, 2.45) is 5.10 Å². The molecule has 0 aliphatic heterocycles. The number of hydrazone groups is 1. The van der Waals surface area contributed by atoms with Crippen LogP contribution in [0.4, 0.5) is 0 Å². The molecule has 3 aromatic rings. The molecule has 1 heterocycles. The van der Waals surface area contributed by atoms with Gasteiger partial charge in [-0.3, -0.25) is 0 Å². The van der Waals surface area contributed by atoms with E-state index < -0.39 is 0 Å². The number of benzene rings is 2. The van der Waals surface area contributed by atoms with E-state index in [0.717, 1.165) is 22.6 Å². The second-order valence-electron chi connectivity index (χ2n) is 5.41. The van der Waals surface area contributed by atoms with Gasteiger partial charge >= 0.3 is 0 Å². The molecule has 2 aromatic carbocycles. The van der Waals surface area contributed by atoms with Gasteiger partial charge in [0.1, 0.15) is 0 Å². The first kappa shape index (κ1) is 15.0. The molecule has 0 atom stereocenters. The van der Waals surface area contributed by atoms with Crippen LogP contribution in [-0.4, -0.2) is 16.0 Å². The zero-order chi connectivity index (χ0) is 16.1. The van der Waals surface area contributed by atoms with Crippen molar-refractivity contribution in [1.82, 2.24) is 15.2 Å². The zero-order valence-corrected chi connectivity index (χ0v) is 13.4. The molecule has 0 fully saturated rings. The molecule has 0 bridgehead atoms. The summed E-state index contributed by atoms with van der Waals surface area (Å²) >= 11 is 0. The van der Waals surface area contributed by atoms with Crippen LogP contribution in [0, 0.1) is 13.8 Å². The third-order valence-electron chi connectivity index (χ3n) is 3.76. The van der Waals surface area contributed by atoms with E-state index in [2.05, 4.69) is 34.7 Å². The summed E-state index contributed by atoms with van der Waals surface area (Å²) in [5.41, 5.74) is 8.45. The molecule has 0 unspecified atom stereocenters. The Hall–Kier alpha value is -2.88. The summed E-state index contributed by atoms with van der Waals surface area (Å²) in [7, 11) is 0. The van der Waals surface area contributed by atoms with Crippen molar-refractivity contribution < 1.29 is 0 Å². The smallest absolute Gasteiger partial charge is 0.0689 e. The summed E-state index contributed by atoms with van der Waals surface area (Å²) in [5.74, 6) is 0. The van der Waals surface area contributed by atoms with Crippen molar-refractivity contribution >= 4 is 6.21 Å². The number of rotatable bonds is 5. The van der Waals surface area contributed by atoms with E-state index >= 15 is 0 Å². The maximum atomic E-state index is 4.61. The molecule has 1 N–H and O–H groups in total. The van der Waals surface area contributed by atoms with Gasteiger partial charge in [-0.25, -0.2) is 4.68 Å². The fourth-order valence-corrected chi connectivity index (χ4v) is 2.51. The van der Waals surface area contributed by atoms with E-state index in [-0.39, 0.29) is 0 Å². The lowest BCUT2D eigenvalue weighted by Crippen LogP contribution is -2.05. The lowest BCUT2D eigenvalue weighted by Gasteiger charge is -2.03. The third-order valence-corrected chi connectivity index (χ3v) is 3.76. The number of aryl methyl sites for hydroxylation is 1. The molecule has 3 rings (SSSR count). The highest BCUT2D eigenvalue weighted by molar-refractivity contribution is 5.82. The summed E-state index contributed by atoms with van der Waals surface area (Å²) < 4.78 is 1.95. The van der Waals surface area contributed by atoms with E-state index in [1.54, 1.807) is 0 Å². The molecular formula is C19H20N4. The van der Waals surface area contributed by atoms with Crippen LogP contribution in [0.2, 0.25) is 0 Å². The summed E-state index contributed by atoms with van der Waals surface area (Å²) in [5, 5.41) is 8.95. The Kier molecular flexibility index (Phi) is 4.52. The summed E-state index contributed by atoms with van der Waals surface area (Å²) in [6.07, 6.45) is 1.85. The Morgan fingerprint density at radius 3 is 2.35 bits per heavy atom. The van der Waals surface area contributed by atoms with Gasteiger partial charge in [-0.15, -0.1) is 0 Å². The van der Waals surface area contributed by atoms with E-state index in [4.69, 9.17) is 0 Å². The second-order valence-corrected chi connectivity index (χ2v) is 5.41. The van der Waals surface area contributed by atoms with Crippen molar-refractivity contribution in [3.63, 3.8) is 0 Å². The topological polar surface area (TPSA) is 42.2 Å². The quantitative estimate of drug-likeness (QED) is 0.578. The minimum absolute atomic E-state index is 0.711. The van der Waals surface area contributed by atoms with Gasteiger partial charge in [-0.1, -0.05) is 48.5 Å². The van der Waals surface area contributed by atoms with Crippen LogP contribution >= 0.6 is 0 Å². The predicted octanol–water partition coefficient (Wildman–Crippen LogP) is 3.61. The number of para-hydroxylation sites is 1. The molecule has 0 aliphatic rings. The standard InChI is InChI=1S/C19H20N4/c1-15-19(14-21-20-13-17-9-5-3-6-10-17)16(2)23(22-15)18-11-7-4-8-12-18/h3-12,14,20H,13H2,1-2H3. The molecule has 1 aromatic heterocycles. The van der Waals surface area contributed by atoms with E-state index in [9.17, 15) is 0 Å². The van der Waals surface area contributed by atoms with Gasteiger partial charge in [0.25, 0.3) is 0 Å². The normalized spacial score (nSPS) is 11.0. The van der Waals surface area contributed by atoms with Crippen molar-refractivity contribution in [2.75, 3.05) is 0 Å². The van der Waals surface area contributed by atoms with Crippen LogP contribution in [0.5, 0.6) is 0 Å². The first-order chi connectivity index (χ1) is 11.3. The highest BCUT2D eigenvalue weighted by atomic mass is 15.3. The average Bonchev–Trinajstić information content (AvgIpc) is 2.88. The van der Waals surface area contributed by atoms with Crippen LogP contribution in [0.15, 0.2) is 65.8 Å². The molecule has 0 spiro atoms. The molecule has 116 valence electrons. The van der Waals surface area contributed by atoms with Gasteiger partial charge in [-0.05, 0) is 31.5 Å². The fraction of sp³-hybridized carbons (Fsp3) is 0.158. The van der Waals surface area contributed by atoms with Crippen LogP contribution in [0.3, 0.4) is 0 Å².